The van der Waals surface area contributed by atoms with Crippen LogP contribution in [0.4, 0.5) is 5.69 Å². The number of carbonyl (C=O) groups is 2. The Morgan fingerprint density at radius 2 is 1.34 bits per heavy atom. The van der Waals surface area contributed by atoms with Crippen LogP contribution < -0.4 is 4.90 Å². The Labute approximate surface area is 171 Å². The first kappa shape index (κ1) is 18.5. The Kier molecular flexibility index (Phi) is 4.16. The van der Waals surface area contributed by atoms with Crippen molar-refractivity contribution in [2.75, 3.05) is 18.0 Å². The lowest BCUT2D eigenvalue weighted by atomic mass is 9.89. The van der Waals surface area contributed by atoms with E-state index < -0.39 is 6.04 Å². The second-order valence-electron chi connectivity index (χ2n) is 8.77. The number of nitrogens with zero attached hydrogens (tertiary/aromatic N) is 3. The first-order chi connectivity index (χ1) is 13.9. The average Bonchev–Trinajstić information content (AvgIpc) is 3.30. The molecule has 3 unspecified atom stereocenters. The van der Waals surface area contributed by atoms with E-state index in [9.17, 15) is 9.59 Å². The fourth-order valence-electron chi connectivity index (χ4n) is 5.62. The number of hydrogen-bond donors (Lipinski definition) is 0. The second-order valence-corrected chi connectivity index (χ2v) is 8.77. The van der Waals surface area contributed by atoms with Crippen LogP contribution in [0.5, 0.6) is 0 Å². The summed E-state index contributed by atoms with van der Waals surface area (Å²) in [7, 11) is 0. The first-order valence-electron chi connectivity index (χ1n) is 10.4. The Morgan fingerprint density at radius 3 is 1.97 bits per heavy atom. The highest BCUT2D eigenvalue weighted by Crippen LogP contribution is 2.49. The minimum atomic E-state index is -0.392. The molecule has 3 atom stereocenters. The minimum Gasteiger partial charge on any atom is -0.274 e. The Morgan fingerprint density at radius 1 is 0.759 bits per heavy atom. The van der Waals surface area contributed by atoms with Crippen molar-refractivity contribution < 1.29 is 9.59 Å². The zero-order valence-corrected chi connectivity index (χ0v) is 17.5. The molecule has 5 heteroatoms. The maximum atomic E-state index is 13.7. The first-order valence-corrected chi connectivity index (χ1v) is 10.4. The smallest absolute Gasteiger partial charge is 0.253 e. The fraction of sp³-hybridized carbons (Fsp3) is 0.417. The molecule has 29 heavy (non-hydrogen) atoms. The van der Waals surface area contributed by atoms with E-state index in [-0.39, 0.29) is 23.8 Å². The van der Waals surface area contributed by atoms with Crippen molar-refractivity contribution in [1.29, 1.82) is 0 Å². The summed E-state index contributed by atoms with van der Waals surface area (Å²) in [6, 6.07) is 12.1. The molecule has 0 radical (unpaired) electrons. The van der Waals surface area contributed by atoms with Gasteiger partial charge in [-0.2, -0.15) is 0 Å². The number of fused-ring (bicyclic) bond motifs is 3. The van der Waals surface area contributed by atoms with Gasteiger partial charge in [0, 0.05) is 13.1 Å². The van der Waals surface area contributed by atoms with E-state index in [1.54, 1.807) is 0 Å². The summed E-state index contributed by atoms with van der Waals surface area (Å²) in [5, 5.41) is 4.43. The van der Waals surface area contributed by atoms with E-state index in [1.165, 1.54) is 10.5 Å². The molecule has 2 amide bonds. The van der Waals surface area contributed by atoms with Gasteiger partial charge in [0.25, 0.3) is 5.91 Å². The predicted molar refractivity (Wildman–Crippen MR) is 112 cm³/mol. The van der Waals surface area contributed by atoms with E-state index in [4.69, 9.17) is 0 Å². The molecule has 3 saturated heterocycles. The lowest BCUT2D eigenvalue weighted by molar-refractivity contribution is -0.126. The molecule has 0 spiro atoms. The summed E-state index contributed by atoms with van der Waals surface area (Å²) in [5.74, 6) is -0.489. The van der Waals surface area contributed by atoms with Gasteiger partial charge in [0.2, 0.25) is 5.91 Å². The molecule has 5 nitrogen and oxygen atoms in total. The maximum absolute atomic E-state index is 13.7. The molecular weight excluding hydrogens is 362 g/mol. The van der Waals surface area contributed by atoms with E-state index in [2.05, 4.69) is 53.3 Å². The van der Waals surface area contributed by atoms with Gasteiger partial charge < -0.3 is 0 Å². The van der Waals surface area contributed by atoms with Gasteiger partial charge in [0.15, 0.2) is 0 Å². The van der Waals surface area contributed by atoms with E-state index in [0.29, 0.717) is 0 Å². The van der Waals surface area contributed by atoms with Crippen LogP contribution in [0, 0.1) is 33.6 Å². The van der Waals surface area contributed by atoms with Crippen LogP contribution >= 0.6 is 0 Å². The van der Waals surface area contributed by atoms with Crippen LogP contribution in [-0.4, -0.2) is 41.0 Å². The Hall–Kier alpha value is -2.50. The summed E-state index contributed by atoms with van der Waals surface area (Å²) >= 11 is 0. The Balaban J connectivity index is 1.61. The van der Waals surface area contributed by atoms with Gasteiger partial charge in [-0.25, -0.2) is 14.9 Å². The maximum Gasteiger partial charge on any atom is 0.253 e. The van der Waals surface area contributed by atoms with Crippen LogP contribution in [0.1, 0.15) is 40.3 Å². The highest BCUT2D eigenvalue weighted by atomic mass is 16.2. The molecule has 3 fully saturated rings. The number of anilines is 1. The molecule has 3 aliphatic rings. The quantitative estimate of drug-likeness (QED) is 0.738. The van der Waals surface area contributed by atoms with E-state index >= 15 is 0 Å². The predicted octanol–water partition coefficient (Wildman–Crippen LogP) is 3.46. The molecule has 2 aromatic rings. The molecule has 2 aromatic carbocycles. The number of rotatable bonds is 2. The number of benzene rings is 2. The van der Waals surface area contributed by atoms with Crippen molar-refractivity contribution in [2.45, 2.75) is 46.2 Å². The van der Waals surface area contributed by atoms with Crippen molar-refractivity contribution in [3.63, 3.8) is 0 Å². The molecule has 0 aromatic heterocycles. The standard InChI is InChI=1S/C24H27N3O2/c1-14-6-8-18(9-7-14)21-19-22(26-11-5-10-25(21)26)24(29)27(23(19)28)20-16(3)12-15(2)13-17(20)4/h6-9,12-13,19,21-22H,5,10-11H2,1-4H3. The third-order valence-corrected chi connectivity index (χ3v) is 6.68. The normalized spacial score (nSPS) is 27.0. The van der Waals surface area contributed by atoms with Crippen molar-refractivity contribution in [3.8, 4) is 0 Å². The average molecular weight is 389 g/mol. The van der Waals surface area contributed by atoms with Crippen LogP contribution in [0.15, 0.2) is 36.4 Å². The monoisotopic (exact) mass is 389 g/mol. The van der Waals surface area contributed by atoms with Gasteiger partial charge in [0.1, 0.15) is 6.04 Å². The van der Waals surface area contributed by atoms with Gasteiger partial charge in [-0.05, 0) is 50.8 Å². The Bertz CT molecular complexity index is 990. The molecule has 3 aliphatic heterocycles. The van der Waals surface area contributed by atoms with Crippen molar-refractivity contribution in [2.24, 2.45) is 5.92 Å². The molecule has 150 valence electrons. The van der Waals surface area contributed by atoms with Crippen molar-refractivity contribution >= 4 is 17.5 Å². The summed E-state index contributed by atoms with van der Waals surface area (Å²) in [6.45, 7) is 9.82. The molecule has 0 bridgehead atoms. The third kappa shape index (κ3) is 2.61. The largest absolute Gasteiger partial charge is 0.274 e. The van der Waals surface area contributed by atoms with Gasteiger partial charge in [0.05, 0.1) is 17.6 Å². The molecule has 0 saturated carbocycles. The SMILES string of the molecule is Cc1ccc(C2C3C(=O)N(c4c(C)cc(C)cc4C)C(=O)C3N3CCCN23)cc1. The number of carbonyl (C=O) groups excluding carboxylic acids is 2. The van der Waals surface area contributed by atoms with Gasteiger partial charge in [-0.1, -0.05) is 47.5 Å². The van der Waals surface area contributed by atoms with Gasteiger partial charge in [-0.15, -0.1) is 0 Å². The van der Waals surface area contributed by atoms with Gasteiger partial charge in [-0.3, -0.25) is 9.59 Å². The minimum absolute atomic E-state index is 0.0602. The molecule has 0 N–H and O–H groups in total. The molecule has 3 heterocycles. The second kappa shape index (κ2) is 6.51. The van der Waals surface area contributed by atoms with Crippen LogP contribution in [0.25, 0.3) is 0 Å². The zero-order valence-electron chi connectivity index (χ0n) is 17.5. The lowest BCUT2D eigenvalue weighted by Gasteiger charge is -2.30. The highest BCUT2D eigenvalue weighted by Gasteiger charge is 2.63. The van der Waals surface area contributed by atoms with Gasteiger partial charge >= 0.3 is 0 Å². The molecule has 0 aliphatic carbocycles. The summed E-state index contributed by atoms with van der Waals surface area (Å²) in [5.41, 5.74) is 6.20. The number of hydrazine groups is 1. The highest BCUT2D eigenvalue weighted by molar-refractivity contribution is 6.24. The van der Waals surface area contributed by atoms with Crippen LogP contribution in [-0.2, 0) is 9.59 Å². The summed E-state index contributed by atoms with van der Waals surface area (Å²) in [4.78, 5) is 28.8. The van der Waals surface area contributed by atoms with Crippen LogP contribution in [0.3, 0.4) is 0 Å². The van der Waals surface area contributed by atoms with Crippen molar-refractivity contribution in [1.82, 2.24) is 10.0 Å². The lowest BCUT2D eigenvalue weighted by Crippen LogP contribution is -2.44. The fourth-order valence-corrected chi connectivity index (χ4v) is 5.62. The number of amides is 2. The number of aryl methyl sites for hydroxylation is 4. The van der Waals surface area contributed by atoms with E-state index in [0.717, 1.165) is 47.5 Å². The molecule has 5 rings (SSSR count). The summed E-state index contributed by atoms with van der Waals surface area (Å²) < 4.78 is 0. The molecular formula is C24H27N3O2. The van der Waals surface area contributed by atoms with Crippen LogP contribution in [0.2, 0.25) is 0 Å². The van der Waals surface area contributed by atoms with E-state index in [1.807, 2.05) is 20.8 Å². The number of imide groups is 1. The number of hydrogen-bond acceptors (Lipinski definition) is 4. The zero-order chi connectivity index (χ0) is 20.4. The topological polar surface area (TPSA) is 43.9 Å². The third-order valence-electron chi connectivity index (χ3n) is 6.68. The van der Waals surface area contributed by atoms with Crippen molar-refractivity contribution in [3.05, 3.63) is 64.2 Å². The summed E-state index contributed by atoms with van der Waals surface area (Å²) in [6.07, 6.45) is 1.02.